The van der Waals surface area contributed by atoms with E-state index in [0.717, 1.165) is 49.5 Å². The third-order valence-electron chi connectivity index (χ3n) is 5.09. The SMILES string of the molecule is Cc1ccc([C@H](C[NH+]2CCOCC2)NC(=O)/C=C/c2ccccc2C)cc1. The van der Waals surface area contributed by atoms with Crippen LogP contribution in [0, 0.1) is 13.8 Å². The Bertz CT molecular complexity index is 777. The van der Waals surface area contributed by atoms with Crippen molar-refractivity contribution in [2.75, 3.05) is 32.8 Å². The normalized spacial score (nSPS) is 16.4. The minimum atomic E-state index is -0.0588. The van der Waals surface area contributed by atoms with E-state index in [1.807, 2.05) is 24.3 Å². The predicted octanol–water partition coefficient (Wildman–Crippen LogP) is 2.09. The van der Waals surface area contributed by atoms with Gasteiger partial charge in [0.25, 0.3) is 0 Å². The first-order valence-electron chi connectivity index (χ1n) is 9.64. The van der Waals surface area contributed by atoms with Gasteiger partial charge in [0.15, 0.2) is 0 Å². The zero-order chi connectivity index (χ0) is 19.1. The Morgan fingerprint density at radius 2 is 1.81 bits per heavy atom. The monoisotopic (exact) mass is 365 g/mol. The molecule has 1 atom stereocenters. The summed E-state index contributed by atoms with van der Waals surface area (Å²) in [5, 5.41) is 3.20. The van der Waals surface area contributed by atoms with Crippen LogP contribution in [0.4, 0.5) is 0 Å². The van der Waals surface area contributed by atoms with E-state index in [1.54, 1.807) is 6.08 Å². The Kier molecular flexibility index (Phi) is 6.80. The average Bonchev–Trinajstić information content (AvgIpc) is 2.68. The number of morpholine rings is 1. The van der Waals surface area contributed by atoms with Crippen molar-refractivity contribution in [3.63, 3.8) is 0 Å². The van der Waals surface area contributed by atoms with Gasteiger partial charge in [-0.15, -0.1) is 0 Å². The summed E-state index contributed by atoms with van der Waals surface area (Å²) in [5.41, 5.74) is 4.60. The predicted molar refractivity (Wildman–Crippen MR) is 109 cm³/mol. The summed E-state index contributed by atoms with van der Waals surface area (Å²) < 4.78 is 5.46. The third-order valence-corrected chi connectivity index (χ3v) is 5.09. The fourth-order valence-electron chi connectivity index (χ4n) is 3.36. The molecule has 2 aromatic rings. The number of carbonyl (C=O) groups excluding carboxylic acids is 1. The highest BCUT2D eigenvalue weighted by Crippen LogP contribution is 2.13. The Hall–Kier alpha value is -2.43. The lowest BCUT2D eigenvalue weighted by molar-refractivity contribution is -0.909. The quantitative estimate of drug-likeness (QED) is 0.770. The fourth-order valence-corrected chi connectivity index (χ4v) is 3.36. The molecule has 27 heavy (non-hydrogen) atoms. The van der Waals surface area contributed by atoms with E-state index in [4.69, 9.17) is 4.74 Å². The second-order valence-electron chi connectivity index (χ2n) is 7.23. The van der Waals surface area contributed by atoms with Gasteiger partial charge in [0.1, 0.15) is 25.7 Å². The summed E-state index contributed by atoms with van der Waals surface area (Å²) in [6.45, 7) is 8.54. The molecule has 142 valence electrons. The molecule has 1 aliphatic rings. The number of ether oxygens (including phenoxy) is 1. The van der Waals surface area contributed by atoms with Crippen LogP contribution in [0.1, 0.15) is 28.3 Å². The molecular formula is C23H29N2O2+. The molecule has 1 amide bonds. The molecule has 4 nitrogen and oxygen atoms in total. The molecule has 2 aromatic carbocycles. The lowest BCUT2D eigenvalue weighted by Crippen LogP contribution is -3.14. The third kappa shape index (κ3) is 5.78. The van der Waals surface area contributed by atoms with Crippen molar-refractivity contribution in [2.45, 2.75) is 19.9 Å². The molecule has 1 aliphatic heterocycles. The molecule has 0 radical (unpaired) electrons. The number of rotatable bonds is 6. The van der Waals surface area contributed by atoms with Crippen molar-refractivity contribution in [3.8, 4) is 0 Å². The Morgan fingerprint density at radius 1 is 1.11 bits per heavy atom. The van der Waals surface area contributed by atoms with Gasteiger partial charge in [-0.1, -0.05) is 54.1 Å². The topological polar surface area (TPSA) is 42.8 Å². The number of nitrogens with one attached hydrogen (secondary N) is 2. The number of aryl methyl sites for hydroxylation is 2. The van der Waals surface area contributed by atoms with Gasteiger partial charge in [0, 0.05) is 6.08 Å². The number of quaternary nitrogens is 1. The Labute approximate surface area is 161 Å². The van der Waals surface area contributed by atoms with E-state index >= 15 is 0 Å². The fraction of sp³-hybridized carbons (Fsp3) is 0.348. The summed E-state index contributed by atoms with van der Waals surface area (Å²) in [6, 6.07) is 16.5. The molecule has 1 fully saturated rings. The standard InChI is InChI=1S/C23H28N2O2/c1-18-7-9-21(10-8-18)22(17-25-13-15-27-16-14-25)24-23(26)12-11-20-6-4-3-5-19(20)2/h3-12,22H,13-17H2,1-2H3,(H,24,26)/p+1/b12-11+/t22-/m0/s1. The van der Waals surface area contributed by atoms with Crippen LogP contribution in [0.3, 0.4) is 0 Å². The van der Waals surface area contributed by atoms with Crippen molar-refractivity contribution in [2.24, 2.45) is 0 Å². The first kappa shape index (κ1) is 19.3. The number of amides is 1. The second-order valence-corrected chi connectivity index (χ2v) is 7.23. The van der Waals surface area contributed by atoms with Crippen LogP contribution in [0.2, 0.25) is 0 Å². The van der Waals surface area contributed by atoms with E-state index in [2.05, 4.69) is 49.5 Å². The highest BCUT2D eigenvalue weighted by Gasteiger charge is 2.22. The lowest BCUT2D eigenvalue weighted by Gasteiger charge is -2.28. The highest BCUT2D eigenvalue weighted by molar-refractivity contribution is 5.92. The van der Waals surface area contributed by atoms with Gasteiger partial charge in [-0.3, -0.25) is 4.79 Å². The number of hydrogen-bond donors (Lipinski definition) is 2. The van der Waals surface area contributed by atoms with Gasteiger partial charge in [0.2, 0.25) is 5.91 Å². The van der Waals surface area contributed by atoms with Crippen molar-refractivity contribution < 1.29 is 14.4 Å². The number of hydrogen-bond acceptors (Lipinski definition) is 2. The Balaban J connectivity index is 1.70. The van der Waals surface area contributed by atoms with Gasteiger partial charge in [-0.05, 0) is 36.6 Å². The van der Waals surface area contributed by atoms with Crippen LogP contribution in [0.25, 0.3) is 6.08 Å². The van der Waals surface area contributed by atoms with Crippen molar-refractivity contribution in [1.82, 2.24) is 5.32 Å². The number of benzene rings is 2. The molecule has 0 aromatic heterocycles. The minimum Gasteiger partial charge on any atom is -0.370 e. The van der Waals surface area contributed by atoms with E-state index < -0.39 is 0 Å². The van der Waals surface area contributed by atoms with Gasteiger partial charge >= 0.3 is 0 Å². The van der Waals surface area contributed by atoms with E-state index in [-0.39, 0.29) is 11.9 Å². The summed E-state index contributed by atoms with van der Waals surface area (Å²) in [4.78, 5) is 14.1. The van der Waals surface area contributed by atoms with Crippen LogP contribution in [0.5, 0.6) is 0 Å². The molecule has 2 N–H and O–H groups in total. The zero-order valence-electron chi connectivity index (χ0n) is 16.2. The maximum absolute atomic E-state index is 12.6. The first-order chi connectivity index (χ1) is 13.1. The van der Waals surface area contributed by atoms with Gasteiger partial charge < -0.3 is 15.0 Å². The molecule has 0 aliphatic carbocycles. The molecule has 1 saturated heterocycles. The summed E-state index contributed by atoms with van der Waals surface area (Å²) in [7, 11) is 0. The Morgan fingerprint density at radius 3 is 2.52 bits per heavy atom. The van der Waals surface area contributed by atoms with Crippen molar-refractivity contribution >= 4 is 12.0 Å². The highest BCUT2D eigenvalue weighted by atomic mass is 16.5. The first-order valence-corrected chi connectivity index (χ1v) is 9.64. The van der Waals surface area contributed by atoms with Crippen LogP contribution in [0.15, 0.2) is 54.6 Å². The molecule has 0 unspecified atom stereocenters. The van der Waals surface area contributed by atoms with Crippen LogP contribution >= 0.6 is 0 Å². The lowest BCUT2D eigenvalue weighted by atomic mass is 10.0. The van der Waals surface area contributed by atoms with Crippen molar-refractivity contribution in [1.29, 1.82) is 0 Å². The van der Waals surface area contributed by atoms with E-state index in [9.17, 15) is 4.79 Å². The van der Waals surface area contributed by atoms with Gasteiger partial charge in [-0.25, -0.2) is 0 Å². The maximum Gasteiger partial charge on any atom is 0.244 e. The van der Waals surface area contributed by atoms with E-state index in [1.165, 1.54) is 10.5 Å². The van der Waals surface area contributed by atoms with Gasteiger partial charge in [-0.2, -0.15) is 0 Å². The molecule has 4 heteroatoms. The largest absolute Gasteiger partial charge is 0.370 e. The average molecular weight is 365 g/mol. The number of carbonyl (C=O) groups is 1. The summed E-state index contributed by atoms with van der Waals surface area (Å²) >= 11 is 0. The molecular weight excluding hydrogens is 336 g/mol. The van der Waals surface area contributed by atoms with Crippen LogP contribution < -0.4 is 10.2 Å². The van der Waals surface area contributed by atoms with Crippen LogP contribution in [-0.2, 0) is 9.53 Å². The van der Waals surface area contributed by atoms with Crippen LogP contribution in [-0.4, -0.2) is 38.8 Å². The molecule has 0 spiro atoms. The van der Waals surface area contributed by atoms with Gasteiger partial charge in [0.05, 0.1) is 13.2 Å². The smallest absolute Gasteiger partial charge is 0.244 e. The molecule has 0 saturated carbocycles. The van der Waals surface area contributed by atoms with E-state index in [0.29, 0.717) is 0 Å². The minimum absolute atomic E-state index is 0.00674. The summed E-state index contributed by atoms with van der Waals surface area (Å²) in [5.74, 6) is -0.0588. The molecule has 3 rings (SSSR count). The molecule has 0 bridgehead atoms. The summed E-state index contributed by atoms with van der Waals surface area (Å²) in [6.07, 6.45) is 3.52. The molecule has 1 heterocycles. The van der Waals surface area contributed by atoms with Crippen molar-refractivity contribution in [3.05, 3.63) is 76.9 Å². The maximum atomic E-state index is 12.6. The second kappa shape index (κ2) is 9.49. The zero-order valence-corrected chi connectivity index (χ0v) is 16.2.